The second kappa shape index (κ2) is 8.48. The number of carbonyl (C=O) groups is 1. The second-order valence-corrected chi connectivity index (χ2v) is 6.32. The van der Waals surface area contributed by atoms with E-state index in [1.54, 1.807) is 6.92 Å². The molecule has 0 unspecified atom stereocenters. The first-order valence-electron chi connectivity index (χ1n) is 8.23. The van der Waals surface area contributed by atoms with Crippen LogP contribution in [0.2, 0.25) is 0 Å². The second-order valence-electron chi connectivity index (χ2n) is 6.32. The lowest BCUT2D eigenvalue weighted by atomic mass is 9.97. The van der Waals surface area contributed by atoms with Crippen molar-refractivity contribution in [3.05, 3.63) is 66.0 Å². The van der Waals surface area contributed by atoms with Crippen LogP contribution in [0, 0.1) is 11.7 Å². The van der Waals surface area contributed by atoms with Crippen LogP contribution in [0.1, 0.15) is 38.8 Å². The highest BCUT2D eigenvalue weighted by Crippen LogP contribution is 2.21. The summed E-state index contributed by atoms with van der Waals surface area (Å²) >= 11 is 0. The molecule has 2 atom stereocenters. The van der Waals surface area contributed by atoms with E-state index >= 15 is 0 Å². The molecule has 0 heterocycles. The summed E-state index contributed by atoms with van der Waals surface area (Å²) in [6, 6.07) is 15.5. The molecule has 1 amide bonds. The lowest BCUT2D eigenvalue weighted by Gasteiger charge is -2.23. The van der Waals surface area contributed by atoms with Crippen LogP contribution in [0.5, 0.6) is 5.75 Å². The van der Waals surface area contributed by atoms with E-state index in [1.165, 1.54) is 24.3 Å². The fourth-order valence-electron chi connectivity index (χ4n) is 2.49. The smallest absolute Gasteiger partial charge is 0.261 e. The molecule has 0 saturated carbocycles. The van der Waals surface area contributed by atoms with Crippen molar-refractivity contribution in [2.75, 3.05) is 0 Å². The molecule has 2 rings (SSSR count). The highest BCUT2D eigenvalue weighted by atomic mass is 19.1. The molecule has 2 aromatic rings. The molecule has 0 aliphatic heterocycles. The van der Waals surface area contributed by atoms with Gasteiger partial charge in [-0.05, 0) is 49.1 Å². The Morgan fingerprint density at radius 1 is 1.04 bits per heavy atom. The van der Waals surface area contributed by atoms with Crippen LogP contribution in [-0.4, -0.2) is 12.0 Å². The van der Waals surface area contributed by atoms with E-state index < -0.39 is 6.10 Å². The first-order valence-corrected chi connectivity index (χ1v) is 8.23. The topological polar surface area (TPSA) is 38.3 Å². The van der Waals surface area contributed by atoms with Gasteiger partial charge < -0.3 is 10.1 Å². The van der Waals surface area contributed by atoms with Gasteiger partial charge in [0, 0.05) is 0 Å². The first-order chi connectivity index (χ1) is 11.5. The van der Waals surface area contributed by atoms with Gasteiger partial charge in [0.15, 0.2) is 6.10 Å². The average molecular weight is 329 g/mol. The Bertz CT molecular complexity index is 640. The summed E-state index contributed by atoms with van der Waals surface area (Å²) in [6.45, 7) is 5.94. The molecule has 0 spiro atoms. The van der Waals surface area contributed by atoms with Gasteiger partial charge in [0.1, 0.15) is 11.6 Å². The summed E-state index contributed by atoms with van der Waals surface area (Å²) in [7, 11) is 0. The standard InChI is InChI=1S/C20H24FNO2/c1-14(2)13-19(16-7-5-4-6-8-16)22-20(23)15(3)24-18-11-9-17(21)10-12-18/h4-12,14-15,19H,13H2,1-3H3,(H,22,23)/t15-,19+/m0/s1. The number of hydrogen-bond acceptors (Lipinski definition) is 2. The third-order valence-electron chi connectivity index (χ3n) is 3.72. The molecular weight excluding hydrogens is 305 g/mol. The van der Waals surface area contributed by atoms with Crippen molar-refractivity contribution < 1.29 is 13.9 Å². The minimum absolute atomic E-state index is 0.0574. The minimum Gasteiger partial charge on any atom is -0.481 e. The van der Waals surface area contributed by atoms with Crippen LogP contribution in [0.3, 0.4) is 0 Å². The molecule has 3 nitrogen and oxygen atoms in total. The molecule has 0 saturated heterocycles. The zero-order chi connectivity index (χ0) is 17.5. The van der Waals surface area contributed by atoms with Crippen LogP contribution >= 0.6 is 0 Å². The molecule has 4 heteroatoms. The molecule has 0 radical (unpaired) electrons. The van der Waals surface area contributed by atoms with Crippen molar-refractivity contribution in [1.82, 2.24) is 5.32 Å². The predicted octanol–water partition coefficient (Wildman–Crippen LogP) is 4.50. The normalized spacial score (nSPS) is 13.4. The summed E-state index contributed by atoms with van der Waals surface area (Å²) in [5.74, 6) is 0.400. The quantitative estimate of drug-likeness (QED) is 0.812. The number of hydrogen-bond donors (Lipinski definition) is 1. The Balaban J connectivity index is 2.02. The van der Waals surface area contributed by atoms with Crippen LogP contribution in [0.4, 0.5) is 4.39 Å². The van der Waals surface area contributed by atoms with Gasteiger partial charge in [0.2, 0.25) is 0 Å². The third-order valence-corrected chi connectivity index (χ3v) is 3.72. The van der Waals surface area contributed by atoms with Gasteiger partial charge in [-0.25, -0.2) is 4.39 Å². The van der Waals surface area contributed by atoms with E-state index in [0.717, 1.165) is 12.0 Å². The fourth-order valence-corrected chi connectivity index (χ4v) is 2.49. The predicted molar refractivity (Wildman–Crippen MR) is 93.3 cm³/mol. The lowest BCUT2D eigenvalue weighted by molar-refractivity contribution is -0.128. The SMILES string of the molecule is CC(C)C[C@@H](NC(=O)[C@H](C)Oc1ccc(F)cc1)c1ccccc1. The van der Waals surface area contributed by atoms with Gasteiger partial charge >= 0.3 is 0 Å². The zero-order valence-electron chi connectivity index (χ0n) is 14.3. The number of ether oxygens (including phenoxy) is 1. The Morgan fingerprint density at radius 2 is 1.67 bits per heavy atom. The maximum atomic E-state index is 12.9. The molecule has 0 fully saturated rings. The highest BCUT2D eigenvalue weighted by molar-refractivity contribution is 5.81. The van der Waals surface area contributed by atoms with Crippen LogP contribution < -0.4 is 10.1 Å². The summed E-state index contributed by atoms with van der Waals surface area (Å²) in [5.41, 5.74) is 1.08. The number of amides is 1. The van der Waals surface area contributed by atoms with Gasteiger partial charge in [-0.15, -0.1) is 0 Å². The van der Waals surface area contributed by atoms with Crippen LogP contribution in [0.15, 0.2) is 54.6 Å². The average Bonchev–Trinajstić information content (AvgIpc) is 2.56. The molecule has 0 aliphatic rings. The lowest BCUT2D eigenvalue weighted by Crippen LogP contribution is -2.39. The van der Waals surface area contributed by atoms with Crippen molar-refractivity contribution in [2.24, 2.45) is 5.92 Å². The van der Waals surface area contributed by atoms with Crippen molar-refractivity contribution in [2.45, 2.75) is 39.3 Å². The van der Waals surface area contributed by atoms with Crippen molar-refractivity contribution >= 4 is 5.91 Å². The molecule has 0 aromatic heterocycles. The molecule has 0 bridgehead atoms. The maximum Gasteiger partial charge on any atom is 0.261 e. The third kappa shape index (κ3) is 5.37. The summed E-state index contributed by atoms with van der Waals surface area (Å²) in [4.78, 5) is 12.5. The highest BCUT2D eigenvalue weighted by Gasteiger charge is 2.21. The monoisotopic (exact) mass is 329 g/mol. The van der Waals surface area contributed by atoms with Gasteiger partial charge in [-0.1, -0.05) is 44.2 Å². The number of halogens is 1. The van der Waals surface area contributed by atoms with Crippen molar-refractivity contribution in [3.63, 3.8) is 0 Å². The maximum absolute atomic E-state index is 12.9. The Morgan fingerprint density at radius 3 is 2.25 bits per heavy atom. The Hall–Kier alpha value is -2.36. The van der Waals surface area contributed by atoms with Crippen molar-refractivity contribution in [1.29, 1.82) is 0 Å². The summed E-state index contributed by atoms with van der Waals surface area (Å²) in [5, 5.41) is 3.06. The van der Waals surface area contributed by atoms with Gasteiger partial charge in [-0.3, -0.25) is 4.79 Å². The molecule has 0 aliphatic carbocycles. The largest absolute Gasteiger partial charge is 0.481 e. The minimum atomic E-state index is -0.658. The van der Waals surface area contributed by atoms with Crippen molar-refractivity contribution in [3.8, 4) is 5.75 Å². The van der Waals surface area contributed by atoms with Crippen LogP contribution in [-0.2, 0) is 4.79 Å². The molecule has 1 N–H and O–H groups in total. The van der Waals surface area contributed by atoms with E-state index in [0.29, 0.717) is 11.7 Å². The number of benzene rings is 2. The van der Waals surface area contributed by atoms with E-state index in [4.69, 9.17) is 4.74 Å². The van der Waals surface area contributed by atoms with Gasteiger partial charge in [0.05, 0.1) is 6.04 Å². The number of nitrogens with one attached hydrogen (secondary N) is 1. The van der Waals surface area contributed by atoms with Gasteiger partial charge in [0.25, 0.3) is 5.91 Å². The number of rotatable bonds is 7. The first kappa shape index (κ1) is 18.0. The summed E-state index contributed by atoms with van der Waals surface area (Å²) in [6.07, 6.45) is 0.188. The fraction of sp³-hybridized carbons (Fsp3) is 0.350. The van der Waals surface area contributed by atoms with E-state index in [1.807, 2.05) is 30.3 Å². The zero-order valence-corrected chi connectivity index (χ0v) is 14.3. The Kier molecular flexibility index (Phi) is 6.36. The number of carbonyl (C=O) groups excluding carboxylic acids is 1. The Labute approximate surface area is 142 Å². The molecule has 2 aromatic carbocycles. The molecular formula is C20H24FNO2. The van der Waals surface area contributed by atoms with Gasteiger partial charge in [-0.2, -0.15) is 0 Å². The molecule has 24 heavy (non-hydrogen) atoms. The van der Waals surface area contributed by atoms with E-state index in [9.17, 15) is 9.18 Å². The van der Waals surface area contributed by atoms with E-state index in [-0.39, 0.29) is 17.8 Å². The van der Waals surface area contributed by atoms with Crippen LogP contribution in [0.25, 0.3) is 0 Å². The summed E-state index contributed by atoms with van der Waals surface area (Å²) < 4.78 is 18.5. The van der Waals surface area contributed by atoms with E-state index in [2.05, 4.69) is 19.2 Å². The molecule has 128 valence electrons.